The second-order valence-electron chi connectivity index (χ2n) is 4.23. The van der Waals surface area contributed by atoms with Gasteiger partial charge < -0.3 is 11.2 Å². The van der Waals surface area contributed by atoms with Gasteiger partial charge in [0.15, 0.2) is 0 Å². The Morgan fingerprint density at radius 1 is 1.69 bits per heavy atom. The Morgan fingerprint density at radius 3 is 2.94 bits per heavy atom. The van der Waals surface area contributed by atoms with E-state index < -0.39 is 5.91 Å². The van der Waals surface area contributed by atoms with Crippen molar-refractivity contribution in [3.8, 4) is 0 Å². The molecule has 2 rings (SSSR count). The molecular formula is C11H16N4O. The molecule has 86 valence electrons. The molecule has 2 aliphatic rings. The number of primary amides is 1. The third-order valence-corrected chi connectivity index (χ3v) is 2.88. The predicted octanol–water partition coefficient (Wildman–Crippen LogP) is 0.217. The molecule has 4 N–H and O–H groups in total. The molecule has 0 bridgehead atoms. The highest BCUT2D eigenvalue weighted by atomic mass is 16.1. The monoisotopic (exact) mass is 220 g/mol. The molecule has 0 aromatic heterocycles. The number of carbonyl (C=O) groups is 1. The molecule has 0 aromatic carbocycles. The minimum Gasteiger partial charge on any atom is -0.365 e. The van der Waals surface area contributed by atoms with Gasteiger partial charge in [-0.25, -0.2) is 0 Å². The van der Waals surface area contributed by atoms with Crippen LogP contribution in [0, 0.1) is 5.92 Å². The fourth-order valence-electron chi connectivity index (χ4n) is 1.71. The lowest BCUT2D eigenvalue weighted by molar-refractivity contribution is -0.114. The largest absolute Gasteiger partial charge is 0.365 e. The minimum absolute atomic E-state index is 0.217. The first-order chi connectivity index (χ1) is 7.59. The number of hydrogen-bond donors (Lipinski definition) is 3. The van der Waals surface area contributed by atoms with Gasteiger partial charge in [-0.1, -0.05) is 6.58 Å². The molecule has 1 heterocycles. The summed E-state index contributed by atoms with van der Waals surface area (Å²) in [5, 5.41) is 0. The molecule has 0 radical (unpaired) electrons. The summed E-state index contributed by atoms with van der Waals surface area (Å²) in [6, 6.07) is 0.217. The highest BCUT2D eigenvalue weighted by Crippen LogP contribution is 2.34. The maximum Gasteiger partial charge on any atom is 0.252 e. The van der Waals surface area contributed by atoms with E-state index >= 15 is 0 Å². The van der Waals surface area contributed by atoms with Crippen LogP contribution in [0.15, 0.2) is 29.0 Å². The van der Waals surface area contributed by atoms with Crippen LogP contribution in [-0.4, -0.2) is 17.7 Å². The summed E-state index contributed by atoms with van der Waals surface area (Å²) in [6.07, 6.45) is 3.95. The summed E-state index contributed by atoms with van der Waals surface area (Å²) < 4.78 is 0. The van der Waals surface area contributed by atoms with E-state index in [-0.39, 0.29) is 6.04 Å². The molecule has 0 unspecified atom stereocenters. The molecule has 1 atom stereocenters. The average Bonchev–Trinajstić information content (AvgIpc) is 3.03. The van der Waals surface area contributed by atoms with E-state index in [1.807, 2.05) is 0 Å². The lowest BCUT2D eigenvalue weighted by Gasteiger charge is -2.20. The van der Waals surface area contributed by atoms with Crippen molar-refractivity contribution in [3.05, 3.63) is 24.0 Å². The number of hydrazine groups is 1. The zero-order valence-corrected chi connectivity index (χ0v) is 9.29. The molecule has 1 fully saturated rings. The van der Waals surface area contributed by atoms with Crippen LogP contribution in [0.5, 0.6) is 0 Å². The molecule has 5 nitrogen and oxygen atoms in total. The number of amides is 1. The standard InChI is InChI=1S/C11H16N4O/c1-6(8-3-4-8)14-10-7(2)15-13-5-9(10)11(12)16/h5-6,8,13,15H,2-4H2,1H3,(H2,12,16)/t6-/m1/s1. The third-order valence-electron chi connectivity index (χ3n) is 2.88. The molecule has 0 spiro atoms. The van der Waals surface area contributed by atoms with Gasteiger partial charge in [0, 0.05) is 6.20 Å². The lowest BCUT2D eigenvalue weighted by atomic mass is 10.1. The molecule has 16 heavy (non-hydrogen) atoms. The Kier molecular flexibility index (Phi) is 2.68. The molecule has 0 aromatic rings. The summed E-state index contributed by atoms with van der Waals surface area (Å²) >= 11 is 0. The Morgan fingerprint density at radius 2 is 2.38 bits per heavy atom. The second-order valence-corrected chi connectivity index (χ2v) is 4.23. The Labute approximate surface area is 94.5 Å². The minimum atomic E-state index is -0.489. The summed E-state index contributed by atoms with van der Waals surface area (Å²) in [5.74, 6) is 0.154. The van der Waals surface area contributed by atoms with E-state index in [1.54, 1.807) is 0 Å². The fraction of sp³-hybridized carbons (Fsp3) is 0.455. The summed E-state index contributed by atoms with van der Waals surface area (Å²) in [6.45, 7) is 5.86. The van der Waals surface area contributed by atoms with Gasteiger partial charge in [0.05, 0.1) is 23.0 Å². The summed E-state index contributed by atoms with van der Waals surface area (Å²) in [7, 11) is 0. The Hall–Kier alpha value is -1.78. The zero-order chi connectivity index (χ0) is 11.7. The van der Waals surface area contributed by atoms with Crippen LogP contribution < -0.4 is 16.6 Å². The summed E-state index contributed by atoms with van der Waals surface area (Å²) in [5.41, 5.74) is 12.4. The first-order valence-corrected chi connectivity index (χ1v) is 5.38. The van der Waals surface area contributed by atoms with Crippen molar-refractivity contribution < 1.29 is 4.79 Å². The average molecular weight is 220 g/mol. The Balaban J connectivity index is 2.26. The lowest BCUT2D eigenvalue weighted by Crippen LogP contribution is -2.39. The number of nitrogens with one attached hydrogen (secondary N) is 2. The van der Waals surface area contributed by atoms with E-state index in [0.29, 0.717) is 22.9 Å². The second kappa shape index (κ2) is 4.00. The first kappa shape index (κ1) is 10.7. The van der Waals surface area contributed by atoms with Gasteiger partial charge >= 0.3 is 0 Å². The quantitative estimate of drug-likeness (QED) is 0.636. The highest BCUT2D eigenvalue weighted by Gasteiger charge is 2.29. The van der Waals surface area contributed by atoms with Crippen molar-refractivity contribution in [1.29, 1.82) is 0 Å². The van der Waals surface area contributed by atoms with Crippen molar-refractivity contribution in [1.82, 2.24) is 10.9 Å². The normalized spacial score (nSPS) is 24.4. The van der Waals surface area contributed by atoms with Crippen LogP contribution >= 0.6 is 0 Å². The van der Waals surface area contributed by atoms with Crippen LogP contribution in [0.2, 0.25) is 0 Å². The Bertz CT molecular complexity index is 393. The maximum atomic E-state index is 11.2. The summed E-state index contributed by atoms with van der Waals surface area (Å²) in [4.78, 5) is 15.8. The number of nitrogens with zero attached hydrogens (tertiary/aromatic N) is 1. The van der Waals surface area contributed by atoms with Crippen molar-refractivity contribution in [3.63, 3.8) is 0 Å². The number of hydrogen-bond acceptors (Lipinski definition) is 4. The van der Waals surface area contributed by atoms with Crippen LogP contribution in [0.25, 0.3) is 0 Å². The smallest absolute Gasteiger partial charge is 0.252 e. The molecule has 1 aliphatic heterocycles. The van der Waals surface area contributed by atoms with Crippen molar-refractivity contribution in [2.75, 3.05) is 0 Å². The molecule has 0 saturated heterocycles. The van der Waals surface area contributed by atoms with E-state index in [0.717, 1.165) is 0 Å². The number of allylic oxidation sites excluding steroid dienone is 1. The van der Waals surface area contributed by atoms with E-state index in [9.17, 15) is 4.79 Å². The molecule has 1 aliphatic carbocycles. The maximum absolute atomic E-state index is 11.2. The first-order valence-electron chi connectivity index (χ1n) is 5.38. The van der Waals surface area contributed by atoms with Gasteiger partial charge in [0.1, 0.15) is 0 Å². The van der Waals surface area contributed by atoms with Gasteiger partial charge in [0.2, 0.25) is 0 Å². The van der Waals surface area contributed by atoms with Crippen LogP contribution in [0.1, 0.15) is 19.8 Å². The van der Waals surface area contributed by atoms with E-state index in [4.69, 9.17) is 5.73 Å². The van der Waals surface area contributed by atoms with Crippen molar-refractivity contribution in [2.45, 2.75) is 25.8 Å². The predicted molar refractivity (Wildman–Crippen MR) is 62.3 cm³/mol. The topological polar surface area (TPSA) is 79.5 Å². The SMILES string of the molecule is C=C1NNC=C(C(N)=O)C1=N[C@H](C)C1CC1. The van der Waals surface area contributed by atoms with Crippen LogP contribution in [-0.2, 0) is 4.79 Å². The highest BCUT2D eigenvalue weighted by molar-refractivity contribution is 6.27. The number of nitrogens with two attached hydrogens (primary N) is 1. The van der Waals surface area contributed by atoms with Crippen LogP contribution in [0.4, 0.5) is 0 Å². The van der Waals surface area contributed by atoms with Crippen molar-refractivity contribution >= 4 is 11.6 Å². The van der Waals surface area contributed by atoms with E-state index in [2.05, 4.69) is 29.3 Å². The number of aliphatic imine (C=N–C) groups is 1. The third kappa shape index (κ3) is 2.08. The van der Waals surface area contributed by atoms with Gasteiger partial charge in [-0.3, -0.25) is 15.2 Å². The van der Waals surface area contributed by atoms with Gasteiger partial charge in [-0.2, -0.15) is 0 Å². The molecule has 1 saturated carbocycles. The van der Waals surface area contributed by atoms with Gasteiger partial charge in [-0.15, -0.1) is 0 Å². The van der Waals surface area contributed by atoms with Gasteiger partial charge in [0.25, 0.3) is 5.91 Å². The molecule has 5 heteroatoms. The number of rotatable bonds is 3. The number of carbonyl (C=O) groups excluding carboxylic acids is 1. The molecular weight excluding hydrogens is 204 g/mol. The fourth-order valence-corrected chi connectivity index (χ4v) is 1.71. The van der Waals surface area contributed by atoms with Crippen LogP contribution in [0.3, 0.4) is 0 Å². The molecule has 1 amide bonds. The van der Waals surface area contributed by atoms with Crippen molar-refractivity contribution in [2.24, 2.45) is 16.6 Å². The van der Waals surface area contributed by atoms with E-state index in [1.165, 1.54) is 19.0 Å². The van der Waals surface area contributed by atoms with Gasteiger partial charge in [-0.05, 0) is 25.7 Å². The zero-order valence-electron chi connectivity index (χ0n) is 9.29.